The highest BCUT2D eigenvalue weighted by Crippen LogP contribution is 2.21. The molecule has 0 radical (unpaired) electrons. The van der Waals surface area contributed by atoms with Crippen molar-refractivity contribution in [3.05, 3.63) is 36.0 Å². The second-order valence-corrected chi connectivity index (χ2v) is 6.92. The smallest absolute Gasteiger partial charge is 0.387 e. The molecule has 1 aromatic carbocycles. The minimum absolute atomic E-state index is 0.0261. The number of amides is 1. The maximum Gasteiger partial charge on any atom is 0.387 e. The third-order valence-electron chi connectivity index (χ3n) is 4.75. The van der Waals surface area contributed by atoms with Gasteiger partial charge in [-0.15, -0.1) is 0 Å². The molecule has 1 aliphatic rings. The van der Waals surface area contributed by atoms with Crippen LogP contribution in [-0.4, -0.2) is 36.2 Å². The van der Waals surface area contributed by atoms with Gasteiger partial charge in [0.05, 0.1) is 0 Å². The number of halogens is 2. The lowest BCUT2D eigenvalue weighted by molar-refractivity contribution is -0.124. The van der Waals surface area contributed by atoms with E-state index < -0.39 is 6.61 Å². The van der Waals surface area contributed by atoms with E-state index in [0.717, 1.165) is 49.9 Å². The van der Waals surface area contributed by atoms with Crippen LogP contribution in [-0.2, 0) is 4.79 Å². The van der Waals surface area contributed by atoms with E-state index >= 15 is 0 Å². The first-order valence-corrected chi connectivity index (χ1v) is 9.51. The van der Waals surface area contributed by atoms with E-state index in [0.29, 0.717) is 5.71 Å². The Hall–Kier alpha value is -2.24. The summed E-state index contributed by atoms with van der Waals surface area (Å²) in [6, 6.07) is 6.40. The highest BCUT2D eigenvalue weighted by molar-refractivity contribution is 6.39. The molecular weight excluding hydrogens is 350 g/mol. The highest BCUT2D eigenvalue weighted by Gasteiger charge is 2.27. The summed E-state index contributed by atoms with van der Waals surface area (Å²) in [7, 11) is 0. The fraction of sp³-hybridized carbons (Fsp3) is 0.524. The Morgan fingerprint density at radius 3 is 2.70 bits per heavy atom. The molecule has 1 unspecified atom stereocenters. The molecule has 1 fully saturated rings. The third-order valence-corrected chi connectivity index (χ3v) is 4.75. The molecule has 0 N–H and O–H groups in total. The Bertz CT molecular complexity index is 682. The number of alkyl halides is 2. The molecule has 1 aliphatic heterocycles. The summed E-state index contributed by atoms with van der Waals surface area (Å²) in [6.07, 6.45) is 5.67. The Morgan fingerprint density at radius 1 is 1.37 bits per heavy atom. The number of hydrogen-bond donors (Lipinski definition) is 0. The summed E-state index contributed by atoms with van der Waals surface area (Å²) in [5.74, 6) is 0.264. The van der Waals surface area contributed by atoms with Gasteiger partial charge in [-0.3, -0.25) is 9.79 Å². The quantitative estimate of drug-likeness (QED) is 0.659. The summed E-state index contributed by atoms with van der Waals surface area (Å²) < 4.78 is 28.8. The molecule has 0 aromatic heterocycles. The van der Waals surface area contributed by atoms with Crippen molar-refractivity contribution in [1.82, 2.24) is 4.90 Å². The van der Waals surface area contributed by atoms with Crippen molar-refractivity contribution in [1.29, 1.82) is 0 Å². The molecule has 1 saturated heterocycles. The summed E-state index contributed by atoms with van der Waals surface area (Å²) in [6.45, 7) is 4.76. The zero-order chi connectivity index (χ0) is 19.8. The van der Waals surface area contributed by atoms with Gasteiger partial charge in [0, 0.05) is 25.2 Å². The summed E-state index contributed by atoms with van der Waals surface area (Å²) in [4.78, 5) is 19.3. The molecule has 2 rings (SSSR count). The molecule has 6 heteroatoms. The van der Waals surface area contributed by atoms with Crippen molar-refractivity contribution in [2.24, 2.45) is 10.9 Å². The SMILES string of the molecule is CCCCN1CCCC(C)C(=N/C=C(\C)c2ccc(OC(F)F)cc2)C1=O. The largest absolute Gasteiger partial charge is 0.435 e. The average molecular weight is 378 g/mol. The van der Waals surface area contributed by atoms with Gasteiger partial charge in [-0.25, -0.2) is 0 Å². The Kier molecular flexibility index (Phi) is 7.95. The molecule has 1 amide bonds. The number of rotatable bonds is 7. The molecular formula is C21H28F2N2O2. The second kappa shape index (κ2) is 10.2. The Labute approximate surface area is 159 Å². The molecule has 4 nitrogen and oxygen atoms in total. The number of nitrogens with zero attached hydrogens (tertiary/aromatic N) is 2. The standard InChI is InChI=1S/C21H28F2N2O2/c1-4-5-12-25-13-6-7-15(2)19(20(25)26)24-14-16(3)17-8-10-18(11-9-17)27-21(22)23/h8-11,14-15,21H,4-7,12-13H2,1-3H3/b16-14+,24-19?. The van der Waals surface area contributed by atoms with Crippen LogP contribution in [0.25, 0.3) is 5.57 Å². The zero-order valence-corrected chi connectivity index (χ0v) is 16.3. The lowest BCUT2D eigenvalue weighted by Gasteiger charge is -2.20. The normalized spacial score (nSPS) is 20.3. The molecule has 148 valence electrons. The molecule has 0 aliphatic carbocycles. The molecule has 0 bridgehead atoms. The monoisotopic (exact) mass is 378 g/mol. The van der Waals surface area contributed by atoms with Crippen molar-refractivity contribution in [2.45, 2.75) is 53.1 Å². The van der Waals surface area contributed by atoms with E-state index in [1.165, 1.54) is 12.1 Å². The van der Waals surface area contributed by atoms with Crippen molar-refractivity contribution < 1.29 is 18.3 Å². The van der Waals surface area contributed by atoms with Crippen LogP contribution in [0.3, 0.4) is 0 Å². The lowest BCUT2D eigenvalue weighted by Crippen LogP contribution is -2.37. The molecule has 27 heavy (non-hydrogen) atoms. The summed E-state index contributed by atoms with van der Waals surface area (Å²) in [5, 5.41) is 0. The van der Waals surface area contributed by atoms with Crippen molar-refractivity contribution in [3.63, 3.8) is 0 Å². The van der Waals surface area contributed by atoms with Gasteiger partial charge in [0.2, 0.25) is 0 Å². The van der Waals surface area contributed by atoms with Crippen LogP contribution in [0.1, 0.15) is 52.0 Å². The third kappa shape index (κ3) is 6.15. The maximum atomic E-state index is 12.8. The number of aliphatic imine (C=N–C) groups is 1. The lowest BCUT2D eigenvalue weighted by atomic mass is 10.0. The fourth-order valence-electron chi connectivity index (χ4n) is 3.08. The maximum absolute atomic E-state index is 12.8. The number of benzene rings is 1. The van der Waals surface area contributed by atoms with Crippen molar-refractivity contribution in [2.75, 3.05) is 13.1 Å². The van der Waals surface area contributed by atoms with Crippen LogP contribution in [0.15, 0.2) is 35.5 Å². The second-order valence-electron chi connectivity index (χ2n) is 6.92. The minimum atomic E-state index is -2.84. The molecule has 0 spiro atoms. The van der Waals surface area contributed by atoms with Gasteiger partial charge in [0.1, 0.15) is 11.5 Å². The first-order valence-electron chi connectivity index (χ1n) is 9.51. The van der Waals surface area contributed by atoms with Crippen LogP contribution in [0.5, 0.6) is 5.75 Å². The van der Waals surface area contributed by atoms with Crippen LogP contribution < -0.4 is 4.74 Å². The first-order chi connectivity index (χ1) is 12.9. The molecule has 0 saturated carbocycles. The number of carbonyl (C=O) groups is 1. The molecule has 1 atom stereocenters. The number of carbonyl (C=O) groups excluding carboxylic acids is 1. The predicted molar refractivity (Wildman–Crippen MR) is 104 cm³/mol. The van der Waals surface area contributed by atoms with E-state index in [1.54, 1.807) is 18.3 Å². The number of ether oxygens (including phenoxy) is 1. The van der Waals surface area contributed by atoms with Gasteiger partial charge < -0.3 is 9.64 Å². The topological polar surface area (TPSA) is 41.9 Å². The van der Waals surface area contributed by atoms with E-state index in [4.69, 9.17) is 0 Å². The summed E-state index contributed by atoms with van der Waals surface area (Å²) in [5.41, 5.74) is 2.30. The van der Waals surface area contributed by atoms with Gasteiger partial charge in [0.25, 0.3) is 5.91 Å². The first kappa shape index (κ1) is 21.1. The summed E-state index contributed by atoms with van der Waals surface area (Å²) >= 11 is 0. The van der Waals surface area contributed by atoms with Gasteiger partial charge in [-0.1, -0.05) is 32.4 Å². The number of hydrogen-bond acceptors (Lipinski definition) is 3. The van der Waals surface area contributed by atoms with Gasteiger partial charge in [-0.05, 0) is 49.5 Å². The van der Waals surface area contributed by atoms with Crippen LogP contribution in [0, 0.1) is 5.92 Å². The minimum Gasteiger partial charge on any atom is -0.435 e. The van der Waals surface area contributed by atoms with E-state index in [1.807, 2.05) is 18.7 Å². The Balaban J connectivity index is 2.17. The fourth-order valence-corrected chi connectivity index (χ4v) is 3.08. The van der Waals surface area contributed by atoms with Crippen LogP contribution in [0.2, 0.25) is 0 Å². The highest BCUT2D eigenvalue weighted by atomic mass is 19.3. The van der Waals surface area contributed by atoms with Gasteiger partial charge in [-0.2, -0.15) is 8.78 Å². The average Bonchev–Trinajstić information content (AvgIpc) is 2.76. The van der Waals surface area contributed by atoms with Crippen LogP contribution >= 0.6 is 0 Å². The zero-order valence-electron chi connectivity index (χ0n) is 16.3. The van der Waals surface area contributed by atoms with E-state index in [2.05, 4.69) is 16.7 Å². The van der Waals surface area contributed by atoms with Crippen LogP contribution in [0.4, 0.5) is 8.78 Å². The number of unbranched alkanes of at least 4 members (excludes halogenated alkanes) is 1. The Morgan fingerprint density at radius 2 is 2.07 bits per heavy atom. The van der Waals surface area contributed by atoms with E-state index in [-0.39, 0.29) is 17.6 Å². The van der Waals surface area contributed by atoms with Crippen molar-refractivity contribution in [3.8, 4) is 5.75 Å². The van der Waals surface area contributed by atoms with Gasteiger partial charge >= 0.3 is 6.61 Å². The van der Waals surface area contributed by atoms with Gasteiger partial charge in [0.15, 0.2) is 0 Å². The number of likely N-dealkylation sites (tertiary alicyclic amines) is 1. The number of allylic oxidation sites excluding steroid dienone is 1. The predicted octanol–water partition coefficient (Wildman–Crippen LogP) is 5.15. The van der Waals surface area contributed by atoms with E-state index in [9.17, 15) is 13.6 Å². The molecule has 1 heterocycles. The molecule has 1 aromatic rings. The van der Waals surface area contributed by atoms with Crippen molar-refractivity contribution >= 4 is 17.2 Å².